The van der Waals surface area contributed by atoms with E-state index in [1.54, 1.807) is 48.5 Å². The Morgan fingerprint density at radius 1 is 1.03 bits per heavy atom. The maximum Gasteiger partial charge on any atom is 0.264 e. The predicted molar refractivity (Wildman–Crippen MR) is 117 cm³/mol. The highest BCUT2D eigenvalue weighted by Crippen LogP contribution is 2.26. The molecular weight excluding hydrogens is 428 g/mol. The fourth-order valence-electron chi connectivity index (χ4n) is 2.50. The number of carbonyl (C=O) groups excluding carboxylic acids is 1. The summed E-state index contributed by atoms with van der Waals surface area (Å²) < 4.78 is 28.4. The van der Waals surface area contributed by atoms with E-state index < -0.39 is 15.9 Å². The van der Waals surface area contributed by atoms with Crippen molar-refractivity contribution in [2.45, 2.75) is 23.1 Å². The van der Waals surface area contributed by atoms with Crippen LogP contribution in [0.5, 0.6) is 0 Å². The van der Waals surface area contributed by atoms with Gasteiger partial charge in [-0.15, -0.1) is 10.2 Å². The second-order valence-electron chi connectivity index (χ2n) is 6.29. The van der Waals surface area contributed by atoms with Gasteiger partial charge in [-0.2, -0.15) is 0 Å². The van der Waals surface area contributed by atoms with Crippen LogP contribution >= 0.6 is 23.1 Å². The van der Waals surface area contributed by atoms with Gasteiger partial charge in [0.1, 0.15) is 6.54 Å². The molecule has 0 unspecified atom stereocenters. The van der Waals surface area contributed by atoms with Crippen molar-refractivity contribution < 1.29 is 13.2 Å². The lowest BCUT2D eigenvalue weighted by Crippen LogP contribution is -2.38. The van der Waals surface area contributed by atoms with Gasteiger partial charge in [0.2, 0.25) is 11.0 Å². The van der Waals surface area contributed by atoms with E-state index in [1.165, 1.54) is 23.1 Å². The summed E-state index contributed by atoms with van der Waals surface area (Å²) in [6.07, 6.45) is 1.86. The van der Waals surface area contributed by atoms with Crippen molar-refractivity contribution in [2.75, 3.05) is 22.4 Å². The lowest BCUT2D eigenvalue weighted by atomic mass is 10.2. The Labute approximate surface area is 178 Å². The fourth-order valence-corrected chi connectivity index (χ4v) is 5.10. The molecule has 1 amide bonds. The summed E-state index contributed by atoms with van der Waals surface area (Å²) in [4.78, 5) is 12.7. The maximum absolute atomic E-state index is 13.3. The van der Waals surface area contributed by atoms with E-state index in [2.05, 4.69) is 15.5 Å². The van der Waals surface area contributed by atoms with Crippen LogP contribution in [0.2, 0.25) is 0 Å². The van der Waals surface area contributed by atoms with Gasteiger partial charge in [0, 0.05) is 0 Å². The monoisotopic (exact) mass is 448 g/mol. The molecule has 3 rings (SSSR count). The third-order valence-corrected chi connectivity index (χ3v) is 7.65. The van der Waals surface area contributed by atoms with Crippen molar-refractivity contribution in [1.29, 1.82) is 0 Å². The predicted octanol–water partition coefficient (Wildman–Crippen LogP) is 3.71. The van der Waals surface area contributed by atoms with Gasteiger partial charge in [0.25, 0.3) is 10.0 Å². The van der Waals surface area contributed by atoms with E-state index in [4.69, 9.17) is 0 Å². The van der Waals surface area contributed by atoms with E-state index >= 15 is 0 Å². The molecule has 3 aromatic rings. The minimum atomic E-state index is -3.93. The number of nitrogens with zero attached hydrogens (tertiary/aromatic N) is 3. The second kappa shape index (κ2) is 8.93. The summed E-state index contributed by atoms with van der Waals surface area (Å²) in [5.74, 6) is -0.495. The first-order valence-electron chi connectivity index (χ1n) is 8.63. The Hall–Kier alpha value is -2.43. The summed E-state index contributed by atoms with van der Waals surface area (Å²) in [7, 11) is -3.93. The standard InChI is InChI=1S/C19H20N4O3S3/c1-13-4-8-15(9-5-13)23(29(25,26)16-10-6-14(2)7-11-16)12-17(24)20-18-21-22-19(27-3)28-18/h4-11H,12H2,1-3H3,(H,20,21,24). The molecule has 0 atom stereocenters. The minimum Gasteiger partial charge on any atom is -0.299 e. The number of benzene rings is 2. The molecule has 152 valence electrons. The Balaban J connectivity index is 1.91. The summed E-state index contributed by atoms with van der Waals surface area (Å²) in [6, 6.07) is 13.5. The van der Waals surface area contributed by atoms with Crippen molar-refractivity contribution in [1.82, 2.24) is 10.2 Å². The molecule has 0 aliphatic rings. The van der Waals surface area contributed by atoms with Crippen LogP contribution in [0.15, 0.2) is 57.8 Å². The van der Waals surface area contributed by atoms with Crippen LogP contribution < -0.4 is 9.62 Å². The lowest BCUT2D eigenvalue weighted by Gasteiger charge is -2.24. The Morgan fingerprint density at radius 3 is 2.17 bits per heavy atom. The van der Waals surface area contributed by atoms with Gasteiger partial charge in [0.05, 0.1) is 10.6 Å². The van der Waals surface area contributed by atoms with Crippen molar-refractivity contribution in [3.63, 3.8) is 0 Å². The number of aromatic nitrogens is 2. The van der Waals surface area contributed by atoms with Crippen molar-refractivity contribution in [2.24, 2.45) is 0 Å². The van der Waals surface area contributed by atoms with Crippen LogP contribution in [0.4, 0.5) is 10.8 Å². The molecule has 0 fully saturated rings. The Kier molecular flexibility index (Phi) is 6.56. The van der Waals surface area contributed by atoms with E-state index in [9.17, 15) is 13.2 Å². The highest BCUT2D eigenvalue weighted by Gasteiger charge is 2.27. The number of rotatable bonds is 7. The summed E-state index contributed by atoms with van der Waals surface area (Å²) in [5, 5.41) is 10.8. The van der Waals surface area contributed by atoms with Crippen molar-refractivity contribution >= 4 is 49.8 Å². The first-order chi connectivity index (χ1) is 13.8. The number of carbonyl (C=O) groups is 1. The Morgan fingerprint density at radius 2 is 1.62 bits per heavy atom. The van der Waals surface area contributed by atoms with E-state index in [1.807, 2.05) is 20.1 Å². The number of sulfonamides is 1. The number of thioether (sulfide) groups is 1. The zero-order chi connectivity index (χ0) is 21.0. The molecule has 29 heavy (non-hydrogen) atoms. The zero-order valence-corrected chi connectivity index (χ0v) is 18.6. The lowest BCUT2D eigenvalue weighted by molar-refractivity contribution is -0.114. The van der Waals surface area contributed by atoms with Crippen LogP contribution in [0, 0.1) is 13.8 Å². The smallest absolute Gasteiger partial charge is 0.264 e. The first-order valence-corrected chi connectivity index (χ1v) is 12.1. The SMILES string of the molecule is CSc1nnc(NC(=O)CN(c2ccc(C)cc2)S(=O)(=O)c2ccc(C)cc2)s1. The summed E-state index contributed by atoms with van der Waals surface area (Å²) in [6.45, 7) is 3.41. The molecule has 7 nitrogen and oxygen atoms in total. The number of anilines is 2. The average Bonchev–Trinajstić information content (AvgIpc) is 3.14. The molecule has 0 radical (unpaired) electrons. The molecule has 1 heterocycles. The van der Waals surface area contributed by atoms with Crippen LogP contribution in [0.3, 0.4) is 0 Å². The molecule has 10 heteroatoms. The molecule has 0 spiro atoms. The van der Waals surface area contributed by atoms with E-state index in [0.29, 0.717) is 15.2 Å². The second-order valence-corrected chi connectivity index (χ2v) is 10.2. The maximum atomic E-state index is 13.3. The largest absolute Gasteiger partial charge is 0.299 e. The van der Waals surface area contributed by atoms with Gasteiger partial charge in [-0.25, -0.2) is 8.42 Å². The Bertz CT molecular complexity index is 1090. The normalized spacial score (nSPS) is 11.3. The van der Waals surface area contributed by atoms with Gasteiger partial charge < -0.3 is 0 Å². The van der Waals surface area contributed by atoms with Crippen molar-refractivity contribution in [3.05, 3.63) is 59.7 Å². The third kappa shape index (κ3) is 5.14. The number of amides is 1. The molecule has 0 saturated heterocycles. The van der Waals surface area contributed by atoms with Gasteiger partial charge in [-0.1, -0.05) is 58.5 Å². The molecular formula is C19H20N4O3S3. The summed E-state index contributed by atoms with van der Waals surface area (Å²) >= 11 is 2.65. The average molecular weight is 449 g/mol. The number of nitrogens with one attached hydrogen (secondary N) is 1. The minimum absolute atomic E-state index is 0.122. The molecule has 1 N–H and O–H groups in total. The number of hydrogen-bond donors (Lipinski definition) is 1. The fraction of sp³-hybridized carbons (Fsp3) is 0.211. The number of aryl methyl sites for hydroxylation is 2. The van der Waals surface area contributed by atoms with Gasteiger partial charge in [0.15, 0.2) is 4.34 Å². The van der Waals surface area contributed by atoms with Crippen LogP contribution in [0.1, 0.15) is 11.1 Å². The van der Waals surface area contributed by atoms with Gasteiger partial charge >= 0.3 is 0 Å². The molecule has 2 aromatic carbocycles. The topological polar surface area (TPSA) is 92.3 Å². The van der Waals surface area contributed by atoms with Crippen molar-refractivity contribution in [3.8, 4) is 0 Å². The van der Waals surface area contributed by atoms with Gasteiger partial charge in [-0.05, 0) is 44.4 Å². The highest BCUT2D eigenvalue weighted by molar-refractivity contribution is 8.00. The molecule has 1 aromatic heterocycles. The molecule has 0 bridgehead atoms. The van der Waals surface area contributed by atoms with Gasteiger partial charge in [-0.3, -0.25) is 14.4 Å². The highest BCUT2D eigenvalue weighted by atomic mass is 32.2. The van der Waals surface area contributed by atoms with Crippen LogP contribution in [-0.2, 0) is 14.8 Å². The summed E-state index contributed by atoms with van der Waals surface area (Å²) in [5.41, 5.74) is 2.35. The number of hydrogen-bond acceptors (Lipinski definition) is 7. The molecule has 0 saturated carbocycles. The van der Waals surface area contributed by atoms with E-state index in [-0.39, 0.29) is 11.4 Å². The zero-order valence-electron chi connectivity index (χ0n) is 16.1. The van der Waals surface area contributed by atoms with E-state index in [0.717, 1.165) is 15.4 Å². The van der Waals surface area contributed by atoms with Crippen LogP contribution in [-0.4, -0.2) is 37.3 Å². The third-order valence-electron chi connectivity index (χ3n) is 4.05. The van der Waals surface area contributed by atoms with Crippen LogP contribution in [0.25, 0.3) is 0 Å². The quantitative estimate of drug-likeness (QED) is 0.438. The molecule has 0 aliphatic carbocycles. The molecule has 0 aliphatic heterocycles. The first kappa shape index (κ1) is 21.3.